The average molecular weight is 605 g/mol. The number of carboxylic acids is 4. The van der Waals surface area contributed by atoms with Gasteiger partial charge in [0.25, 0.3) is 0 Å². The maximum Gasteiger partial charge on any atom is 0.336 e. The Morgan fingerprint density at radius 3 is 1.27 bits per heavy atom. The van der Waals surface area contributed by atoms with Crippen molar-refractivity contribution in [3.05, 3.63) is 95.1 Å². The number of aromatic carboxylic acids is 2. The van der Waals surface area contributed by atoms with E-state index in [0.717, 1.165) is 19.5 Å². The van der Waals surface area contributed by atoms with Crippen molar-refractivity contribution in [1.29, 1.82) is 0 Å². The standard InChI is InChI=1S/C30H20O8S3/c31-25(32)13-15-11-23(40-27(15)17-5-1-3-7-19(17)29(35)36)21-9-10-22(39-21)24-12-16(14-26(33)34)28(41-24)18-6-2-4-8-20(18)30(37)38/h1-12H,13-14H2,(H,31,32)(H,33,34)(H,35,36)(H,37,38). The highest BCUT2D eigenvalue weighted by Gasteiger charge is 2.22. The molecule has 0 saturated heterocycles. The third kappa shape index (κ3) is 5.82. The van der Waals surface area contributed by atoms with Crippen LogP contribution < -0.4 is 0 Å². The van der Waals surface area contributed by atoms with Gasteiger partial charge in [-0.1, -0.05) is 36.4 Å². The molecule has 0 spiro atoms. The van der Waals surface area contributed by atoms with E-state index in [-0.39, 0.29) is 24.0 Å². The molecule has 0 radical (unpaired) electrons. The van der Waals surface area contributed by atoms with Crippen molar-refractivity contribution >= 4 is 57.9 Å². The van der Waals surface area contributed by atoms with Crippen LogP contribution in [0.25, 0.3) is 40.4 Å². The van der Waals surface area contributed by atoms with Crippen LogP contribution in [-0.2, 0) is 22.4 Å². The Morgan fingerprint density at radius 2 is 0.902 bits per heavy atom. The lowest BCUT2D eigenvalue weighted by atomic mass is 10.0. The quantitative estimate of drug-likeness (QED) is 0.131. The van der Waals surface area contributed by atoms with Crippen molar-refractivity contribution in [3.8, 4) is 40.4 Å². The van der Waals surface area contributed by atoms with Gasteiger partial charge >= 0.3 is 23.9 Å². The minimum atomic E-state index is -1.11. The van der Waals surface area contributed by atoms with Gasteiger partial charge in [-0.25, -0.2) is 9.59 Å². The van der Waals surface area contributed by atoms with Gasteiger partial charge in [0.15, 0.2) is 0 Å². The number of aliphatic carboxylic acids is 2. The van der Waals surface area contributed by atoms with Crippen LogP contribution in [0.2, 0.25) is 0 Å². The van der Waals surface area contributed by atoms with Crippen molar-refractivity contribution in [2.45, 2.75) is 12.8 Å². The molecule has 2 aromatic carbocycles. The molecule has 0 bridgehead atoms. The fourth-order valence-electron chi connectivity index (χ4n) is 4.48. The number of carbonyl (C=O) groups is 4. The molecule has 4 N–H and O–H groups in total. The summed E-state index contributed by atoms with van der Waals surface area (Å²) in [5.74, 6) is -4.28. The molecule has 0 saturated carbocycles. The third-order valence-corrected chi connectivity index (χ3v) is 10.1. The Morgan fingerprint density at radius 1 is 0.512 bits per heavy atom. The minimum Gasteiger partial charge on any atom is -0.481 e. The summed E-state index contributed by atoms with van der Waals surface area (Å²) in [6.45, 7) is 0. The third-order valence-electron chi connectivity index (χ3n) is 6.20. The summed E-state index contributed by atoms with van der Waals surface area (Å²) in [5, 5.41) is 38.4. The number of thiophene rings is 3. The second-order valence-electron chi connectivity index (χ2n) is 8.94. The Hall–Kier alpha value is -4.58. The predicted octanol–water partition coefficient (Wildman–Crippen LogP) is 7.19. The smallest absolute Gasteiger partial charge is 0.336 e. The summed E-state index contributed by atoms with van der Waals surface area (Å²) in [7, 11) is 0. The second-order valence-corrected chi connectivity index (χ2v) is 12.1. The van der Waals surface area contributed by atoms with Crippen LogP contribution in [0.15, 0.2) is 72.8 Å². The number of hydrogen-bond donors (Lipinski definition) is 4. The summed E-state index contributed by atoms with van der Waals surface area (Å²) >= 11 is 4.05. The lowest BCUT2D eigenvalue weighted by Crippen LogP contribution is -2.02. The maximum atomic E-state index is 11.8. The Balaban J connectivity index is 1.58. The van der Waals surface area contributed by atoms with Gasteiger partial charge in [0.05, 0.1) is 24.0 Å². The summed E-state index contributed by atoms with van der Waals surface area (Å²) < 4.78 is 0. The Kier molecular flexibility index (Phi) is 7.84. The predicted molar refractivity (Wildman–Crippen MR) is 158 cm³/mol. The molecule has 11 heteroatoms. The zero-order chi connectivity index (χ0) is 29.3. The van der Waals surface area contributed by atoms with E-state index in [1.54, 1.807) is 48.5 Å². The Bertz CT molecular complexity index is 1690. The monoisotopic (exact) mass is 604 g/mol. The molecule has 3 heterocycles. The zero-order valence-corrected chi connectivity index (χ0v) is 23.4. The largest absolute Gasteiger partial charge is 0.481 e. The molecule has 0 fully saturated rings. The molecular weight excluding hydrogens is 585 g/mol. The molecule has 8 nitrogen and oxygen atoms in total. The molecular formula is C30H20O8S3. The average Bonchev–Trinajstić information content (AvgIpc) is 3.66. The molecule has 0 unspecified atom stereocenters. The molecule has 0 aliphatic heterocycles. The van der Waals surface area contributed by atoms with Crippen LogP contribution in [-0.4, -0.2) is 44.3 Å². The van der Waals surface area contributed by atoms with Crippen molar-refractivity contribution < 1.29 is 39.6 Å². The van der Waals surface area contributed by atoms with Gasteiger partial charge < -0.3 is 20.4 Å². The van der Waals surface area contributed by atoms with E-state index in [2.05, 4.69) is 0 Å². The maximum absolute atomic E-state index is 11.8. The van der Waals surface area contributed by atoms with Crippen LogP contribution in [0.4, 0.5) is 0 Å². The van der Waals surface area contributed by atoms with Crippen LogP contribution in [0.1, 0.15) is 31.8 Å². The lowest BCUT2D eigenvalue weighted by molar-refractivity contribution is -0.137. The number of hydrogen-bond acceptors (Lipinski definition) is 7. The van der Waals surface area contributed by atoms with Crippen molar-refractivity contribution in [2.75, 3.05) is 0 Å². The van der Waals surface area contributed by atoms with Crippen molar-refractivity contribution in [3.63, 3.8) is 0 Å². The highest BCUT2D eigenvalue weighted by molar-refractivity contribution is 7.28. The SMILES string of the molecule is O=C(O)Cc1cc(-c2ccc(-c3cc(CC(=O)O)c(-c4ccccc4C(=O)O)s3)s2)sc1-c1ccccc1C(=O)O. The summed E-state index contributed by atoms with van der Waals surface area (Å²) in [5.41, 5.74) is 2.07. The zero-order valence-electron chi connectivity index (χ0n) is 21.0. The van der Waals surface area contributed by atoms with E-state index in [0.29, 0.717) is 32.0 Å². The van der Waals surface area contributed by atoms with E-state index in [9.17, 15) is 39.6 Å². The van der Waals surface area contributed by atoms with E-state index in [1.165, 1.54) is 46.1 Å². The first-order valence-electron chi connectivity index (χ1n) is 12.1. The fourth-order valence-corrected chi connectivity index (χ4v) is 8.09. The first-order chi connectivity index (χ1) is 19.6. The first-order valence-corrected chi connectivity index (χ1v) is 14.5. The number of benzene rings is 2. The van der Waals surface area contributed by atoms with Gasteiger partial charge in [0.2, 0.25) is 0 Å². The van der Waals surface area contributed by atoms with Crippen LogP contribution >= 0.6 is 34.0 Å². The molecule has 0 atom stereocenters. The van der Waals surface area contributed by atoms with E-state index >= 15 is 0 Å². The topological polar surface area (TPSA) is 149 Å². The van der Waals surface area contributed by atoms with Gasteiger partial charge in [0.1, 0.15) is 0 Å². The van der Waals surface area contributed by atoms with E-state index in [1.807, 2.05) is 12.1 Å². The molecule has 5 rings (SSSR count). The summed E-state index contributed by atoms with van der Waals surface area (Å²) in [6.07, 6.45) is -0.540. The highest BCUT2D eigenvalue weighted by atomic mass is 32.1. The van der Waals surface area contributed by atoms with Crippen LogP contribution in [0.3, 0.4) is 0 Å². The Labute approximate surface area is 245 Å². The van der Waals surface area contributed by atoms with Gasteiger partial charge in [0, 0.05) is 40.4 Å². The first kappa shape index (κ1) is 28.0. The summed E-state index contributed by atoms with van der Waals surface area (Å²) in [6, 6.07) is 20.2. The van der Waals surface area contributed by atoms with Gasteiger partial charge in [-0.05, 0) is 47.5 Å². The molecule has 0 amide bonds. The fraction of sp³-hybridized carbons (Fsp3) is 0.0667. The van der Waals surface area contributed by atoms with Crippen molar-refractivity contribution in [2.24, 2.45) is 0 Å². The normalized spacial score (nSPS) is 10.9. The van der Waals surface area contributed by atoms with Crippen molar-refractivity contribution in [1.82, 2.24) is 0 Å². The molecule has 41 heavy (non-hydrogen) atoms. The van der Waals surface area contributed by atoms with Crippen LogP contribution in [0, 0.1) is 0 Å². The van der Waals surface area contributed by atoms with E-state index < -0.39 is 23.9 Å². The summed E-state index contributed by atoms with van der Waals surface area (Å²) in [4.78, 5) is 51.3. The molecule has 206 valence electrons. The second kappa shape index (κ2) is 11.5. The van der Waals surface area contributed by atoms with Gasteiger partial charge in [-0.3, -0.25) is 9.59 Å². The van der Waals surface area contributed by atoms with Gasteiger partial charge in [-0.2, -0.15) is 0 Å². The molecule has 5 aromatic rings. The molecule has 0 aliphatic rings. The number of rotatable bonds is 10. The van der Waals surface area contributed by atoms with Gasteiger partial charge in [-0.15, -0.1) is 34.0 Å². The minimum absolute atomic E-state index is 0.0816. The lowest BCUT2D eigenvalue weighted by Gasteiger charge is -2.06. The number of carboxylic acid groups (broad SMARTS) is 4. The highest BCUT2D eigenvalue weighted by Crippen LogP contribution is 2.46. The van der Waals surface area contributed by atoms with E-state index in [4.69, 9.17) is 0 Å². The van der Waals surface area contributed by atoms with Crippen LogP contribution in [0.5, 0.6) is 0 Å². The molecule has 0 aliphatic carbocycles. The molecule has 3 aromatic heterocycles.